The van der Waals surface area contributed by atoms with Gasteiger partial charge in [-0.3, -0.25) is 5.41 Å². The van der Waals surface area contributed by atoms with Crippen LogP contribution in [0.15, 0.2) is 0 Å². The summed E-state index contributed by atoms with van der Waals surface area (Å²) in [4.78, 5) is 1.89. The molecule has 0 radical (unpaired) electrons. The third-order valence-electron chi connectivity index (χ3n) is 3.70. The van der Waals surface area contributed by atoms with Crippen molar-refractivity contribution in [1.29, 1.82) is 5.41 Å². The number of hydrogen-bond acceptors (Lipinski definition) is 2. The number of hydrogen-bond donors (Lipinski definition) is 3. The van der Waals surface area contributed by atoms with E-state index in [0.29, 0.717) is 5.92 Å². The predicted octanol–water partition coefficient (Wildman–Crippen LogP) is -0.0257. The third kappa shape index (κ3) is 1.20. The Morgan fingerprint density at radius 2 is 2.46 bits per heavy atom. The van der Waals surface area contributed by atoms with Crippen LogP contribution in [0, 0.1) is 16.7 Å². The van der Waals surface area contributed by atoms with Crippen LogP contribution in [0.4, 0.5) is 0 Å². The number of likely N-dealkylation sites (tertiary alicyclic amines) is 1. The molecule has 13 heavy (non-hydrogen) atoms. The smallest absolute Gasteiger partial charge is 0.188 e. The minimum atomic E-state index is 0.0612. The highest BCUT2D eigenvalue weighted by molar-refractivity contribution is 5.75. The van der Waals surface area contributed by atoms with Gasteiger partial charge in [0.25, 0.3) is 0 Å². The van der Waals surface area contributed by atoms with E-state index in [1.54, 1.807) is 0 Å². The summed E-state index contributed by atoms with van der Waals surface area (Å²) < 4.78 is 0. The number of guanidine groups is 1. The van der Waals surface area contributed by atoms with E-state index in [9.17, 15) is 5.11 Å². The van der Waals surface area contributed by atoms with Gasteiger partial charge >= 0.3 is 0 Å². The molecule has 1 aliphatic carbocycles. The maximum Gasteiger partial charge on any atom is 0.188 e. The van der Waals surface area contributed by atoms with Gasteiger partial charge in [-0.2, -0.15) is 0 Å². The number of nitrogens with zero attached hydrogens (tertiary/aromatic N) is 1. The van der Waals surface area contributed by atoms with Gasteiger partial charge in [-0.1, -0.05) is 6.42 Å². The van der Waals surface area contributed by atoms with Gasteiger partial charge in [0.2, 0.25) is 0 Å². The highest BCUT2D eigenvalue weighted by atomic mass is 16.3. The Labute approximate surface area is 78.2 Å². The molecule has 0 aromatic heterocycles. The van der Waals surface area contributed by atoms with Crippen LogP contribution in [0.2, 0.25) is 0 Å². The van der Waals surface area contributed by atoms with Crippen molar-refractivity contribution < 1.29 is 5.11 Å². The maximum absolute atomic E-state index is 9.39. The molecule has 0 aromatic carbocycles. The molecule has 4 N–H and O–H groups in total. The van der Waals surface area contributed by atoms with Gasteiger partial charge in [-0.15, -0.1) is 0 Å². The van der Waals surface area contributed by atoms with Crippen LogP contribution in [0.25, 0.3) is 0 Å². The van der Waals surface area contributed by atoms with Gasteiger partial charge in [0.1, 0.15) is 0 Å². The maximum atomic E-state index is 9.39. The first kappa shape index (κ1) is 8.81. The molecule has 74 valence electrons. The van der Waals surface area contributed by atoms with E-state index in [0.717, 1.165) is 19.5 Å². The Balaban J connectivity index is 2.13. The van der Waals surface area contributed by atoms with Crippen molar-refractivity contribution in [2.75, 3.05) is 19.7 Å². The lowest BCUT2D eigenvalue weighted by Crippen LogP contribution is -2.37. The molecule has 0 bridgehead atoms. The predicted molar refractivity (Wildman–Crippen MR) is 50.3 cm³/mol. The second-order valence-electron chi connectivity index (χ2n) is 4.38. The minimum Gasteiger partial charge on any atom is -0.396 e. The average Bonchev–Trinajstić information content (AvgIpc) is 2.58. The van der Waals surface area contributed by atoms with Crippen molar-refractivity contribution in [3.05, 3.63) is 0 Å². The van der Waals surface area contributed by atoms with Crippen molar-refractivity contribution in [3.8, 4) is 0 Å². The molecule has 0 amide bonds. The first-order chi connectivity index (χ1) is 6.18. The minimum absolute atomic E-state index is 0.0612. The monoisotopic (exact) mass is 183 g/mol. The summed E-state index contributed by atoms with van der Waals surface area (Å²) in [6.45, 7) is 1.90. The van der Waals surface area contributed by atoms with Gasteiger partial charge in [-0.25, -0.2) is 0 Å². The molecule has 1 heterocycles. The van der Waals surface area contributed by atoms with Crippen LogP contribution in [0.1, 0.15) is 19.3 Å². The normalized spacial score (nSPS) is 37.9. The van der Waals surface area contributed by atoms with Crippen molar-refractivity contribution in [1.82, 2.24) is 4.90 Å². The molecule has 2 aliphatic rings. The van der Waals surface area contributed by atoms with Crippen molar-refractivity contribution in [2.24, 2.45) is 17.1 Å². The highest BCUT2D eigenvalue weighted by Crippen LogP contribution is 2.47. The first-order valence-electron chi connectivity index (χ1n) is 4.88. The summed E-state index contributed by atoms with van der Waals surface area (Å²) in [7, 11) is 0. The van der Waals surface area contributed by atoms with Gasteiger partial charge in [-0.05, 0) is 18.8 Å². The third-order valence-corrected chi connectivity index (χ3v) is 3.70. The number of rotatable bonds is 1. The Morgan fingerprint density at radius 3 is 3.00 bits per heavy atom. The van der Waals surface area contributed by atoms with Gasteiger partial charge in [0.05, 0.1) is 6.61 Å². The van der Waals surface area contributed by atoms with Crippen molar-refractivity contribution >= 4 is 5.96 Å². The molecule has 2 atom stereocenters. The fourth-order valence-electron chi connectivity index (χ4n) is 2.86. The lowest BCUT2D eigenvalue weighted by atomic mass is 9.82. The number of aliphatic hydroxyl groups is 1. The zero-order valence-electron chi connectivity index (χ0n) is 7.79. The van der Waals surface area contributed by atoms with Gasteiger partial charge in [0, 0.05) is 18.5 Å². The SMILES string of the molecule is N=C(N)N1C[C@@H]2CCC[C@@]2(CO)C1. The number of fused-ring (bicyclic) bond motifs is 1. The molecule has 4 nitrogen and oxygen atoms in total. The van der Waals surface area contributed by atoms with Crippen molar-refractivity contribution in [3.63, 3.8) is 0 Å². The largest absolute Gasteiger partial charge is 0.396 e. The van der Waals surface area contributed by atoms with Crippen LogP contribution in [0.5, 0.6) is 0 Å². The molecule has 1 saturated carbocycles. The molecule has 2 fully saturated rings. The highest BCUT2D eigenvalue weighted by Gasteiger charge is 2.49. The summed E-state index contributed by atoms with van der Waals surface area (Å²) in [5.41, 5.74) is 5.50. The number of nitrogens with two attached hydrogens (primary N) is 1. The zero-order chi connectivity index (χ0) is 9.47. The zero-order valence-corrected chi connectivity index (χ0v) is 7.79. The number of nitrogens with one attached hydrogen (secondary N) is 1. The fourth-order valence-corrected chi connectivity index (χ4v) is 2.86. The van der Waals surface area contributed by atoms with Crippen LogP contribution >= 0.6 is 0 Å². The second kappa shape index (κ2) is 2.87. The van der Waals surface area contributed by atoms with E-state index in [-0.39, 0.29) is 18.0 Å². The van der Waals surface area contributed by atoms with E-state index in [4.69, 9.17) is 11.1 Å². The molecule has 2 rings (SSSR count). The van der Waals surface area contributed by atoms with E-state index >= 15 is 0 Å². The van der Waals surface area contributed by atoms with Crippen LogP contribution in [-0.4, -0.2) is 35.7 Å². The van der Waals surface area contributed by atoms with Crippen molar-refractivity contribution in [2.45, 2.75) is 19.3 Å². The Bertz CT molecular complexity index is 231. The summed E-state index contributed by atoms with van der Waals surface area (Å²) in [6, 6.07) is 0. The summed E-state index contributed by atoms with van der Waals surface area (Å²) >= 11 is 0. The molecule has 1 saturated heterocycles. The van der Waals surface area contributed by atoms with E-state index in [1.807, 2.05) is 4.90 Å². The molecular formula is C9H17N3O. The molecule has 0 spiro atoms. The Morgan fingerprint density at radius 1 is 1.69 bits per heavy atom. The Kier molecular flexibility index (Phi) is 1.95. The van der Waals surface area contributed by atoms with E-state index in [2.05, 4.69) is 0 Å². The first-order valence-corrected chi connectivity index (χ1v) is 4.88. The Hall–Kier alpha value is -0.770. The molecular weight excluding hydrogens is 166 g/mol. The van der Waals surface area contributed by atoms with E-state index < -0.39 is 0 Å². The molecule has 0 aromatic rings. The quantitative estimate of drug-likeness (QED) is 0.395. The van der Waals surface area contributed by atoms with Crippen LogP contribution in [0.3, 0.4) is 0 Å². The van der Waals surface area contributed by atoms with Crippen LogP contribution < -0.4 is 5.73 Å². The standard InChI is InChI=1S/C9H17N3O/c10-8(11)12-4-7-2-1-3-9(7,5-12)6-13/h7,13H,1-6H2,(H3,10,11)/t7-,9-/m0/s1. The fraction of sp³-hybridized carbons (Fsp3) is 0.889. The van der Waals surface area contributed by atoms with E-state index in [1.165, 1.54) is 12.8 Å². The van der Waals surface area contributed by atoms with Gasteiger partial charge < -0.3 is 15.7 Å². The lowest BCUT2D eigenvalue weighted by Gasteiger charge is -2.25. The second-order valence-corrected chi connectivity index (χ2v) is 4.38. The molecule has 4 heteroatoms. The van der Waals surface area contributed by atoms with Crippen LogP contribution in [-0.2, 0) is 0 Å². The summed E-state index contributed by atoms with van der Waals surface area (Å²) in [5, 5.41) is 16.7. The topological polar surface area (TPSA) is 73.3 Å². The molecule has 1 aliphatic heterocycles. The summed E-state index contributed by atoms with van der Waals surface area (Å²) in [5.74, 6) is 0.712. The molecule has 0 unspecified atom stereocenters. The lowest BCUT2D eigenvalue weighted by molar-refractivity contribution is 0.116. The van der Waals surface area contributed by atoms with Gasteiger partial charge in [0.15, 0.2) is 5.96 Å². The average molecular weight is 183 g/mol. The number of aliphatic hydroxyl groups excluding tert-OH is 1. The summed E-state index contributed by atoms with van der Waals surface area (Å²) in [6.07, 6.45) is 3.50.